The molecule has 26 heavy (non-hydrogen) atoms. The Hall–Kier alpha value is -3.01. The van der Waals surface area contributed by atoms with Crippen LogP contribution in [0.4, 0.5) is 0 Å². The number of benzene rings is 1. The molecule has 0 fully saturated rings. The molecule has 0 saturated heterocycles. The van der Waals surface area contributed by atoms with Gasteiger partial charge in [0.25, 0.3) is 5.56 Å². The van der Waals surface area contributed by atoms with Crippen molar-refractivity contribution in [3.05, 3.63) is 74.2 Å². The molecule has 0 atom stereocenters. The van der Waals surface area contributed by atoms with Crippen LogP contribution in [0, 0.1) is 18.3 Å². The fraction of sp³-hybridized carbons (Fsp3) is 0.0526. The second-order valence-corrected chi connectivity index (χ2v) is 7.05. The van der Waals surface area contributed by atoms with Gasteiger partial charge in [0.15, 0.2) is 0 Å². The number of fused-ring (bicyclic) bond motifs is 2. The molecule has 4 rings (SSSR count). The van der Waals surface area contributed by atoms with Gasteiger partial charge in [-0.25, -0.2) is 9.97 Å². The molecule has 0 saturated carbocycles. The van der Waals surface area contributed by atoms with E-state index in [2.05, 4.69) is 16.0 Å². The van der Waals surface area contributed by atoms with Crippen LogP contribution >= 0.6 is 22.9 Å². The topological polar surface area (TPSA) is 71.0 Å². The minimum Gasteiger partial charge on any atom is -0.268 e. The molecule has 3 heterocycles. The summed E-state index contributed by atoms with van der Waals surface area (Å²) in [6.45, 7) is 1.86. The predicted octanol–water partition coefficient (Wildman–Crippen LogP) is 4.33. The number of hydrogen-bond acceptors (Lipinski definition) is 5. The molecule has 1 aromatic carbocycles. The van der Waals surface area contributed by atoms with E-state index in [0.29, 0.717) is 10.7 Å². The smallest absolute Gasteiger partial charge is 0.266 e. The van der Waals surface area contributed by atoms with Crippen LogP contribution in [0.1, 0.15) is 16.1 Å². The SMILES string of the molecule is Cc1cccn2c(=O)c(C=C(C#N)c3nc4ccccc4s3)c(Cl)nc12. The molecule has 0 bridgehead atoms. The van der Waals surface area contributed by atoms with Gasteiger partial charge in [0.1, 0.15) is 21.9 Å². The van der Waals surface area contributed by atoms with Gasteiger partial charge in [-0.2, -0.15) is 5.26 Å². The lowest BCUT2D eigenvalue weighted by atomic mass is 10.2. The Kier molecular flexibility index (Phi) is 4.03. The molecule has 5 nitrogen and oxygen atoms in total. The first-order chi connectivity index (χ1) is 12.6. The molecule has 126 valence electrons. The maximum Gasteiger partial charge on any atom is 0.266 e. The van der Waals surface area contributed by atoms with Crippen molar-refractivity contribution < 1.29 is 0 Å². The van der Waals surface area contributed by atoms with Crippen LogP contribution in [0.2, 0.25) is 5.15 Å². The van der Waals surface area contributed by atoms with E-state index in [1.807, 2.05) is 37.3 Å². The fourth-order valence-corrected chi connectivity index (χ4v) is 3.83. The second-order valence-electron chi connectivity index (χ2n) is 5.66. The van der Waals surface area contributed by atoms with E-state index < -0.39 is 0 Å². The van der Waals surface area contributed by atoms with Gasteiger partial charge in [-0.3, -0.25) is 9.20 Å². The minimum absolute atomic E-state index is 0.0677. The third-order valence-corrected chi connectivity index (χ3v) is 5.33. The minimum atomic E-state index is -0.322. The van der Waals surface area contributed by atoms with Crippen LogP contribution in [0.5, 0.6) is 0 Å². The summed E-state index contributed by atoms with van der Waals surface area (Å²) in [5.41, 5.74) is 2.28. The Morgan fingerprint density at radius 1 is 1.27 bits per heavy atom. The standard InChI is InChI=1S/C19H11ClN4OS/c1-11-5-4-8-24-17(11)23-16(20)13(19(24)25)9-12(10-21)18-22-14-6-2-3-7-15(14)26-18/h2-9H,1H3. The van der Waals surface area contributed by atoms with Crippen molar-refractivity contribution in [3.63, 3.8) is 0 Å². The summed E-state index contributed by atoms with van der Waals surface area (Å²) in [7, 11) is 0. The Morgan fingerprint density at radius 2 is 2.08 bits per heavy atom. The van der Waals surface area contributed by atoms with Crippen LogP contribution in [0.15, 0.2) is 47.4 Å². The van der Waals surface area contributed by atoms with Crippen molar-refractivity contribution >= 4 is 50.5 Å². The van der Waals surface area contributed by atoms with E-state index in [4.69, 9.17) is 11.6 Å². The number of rotatable bonds is 2. The summed E-state index contributed by atoms with van der Waals surface area (Å²) in [4.78, 5) is 21.6. The Labute approximate surface area is 157 Å². The van der Waals surface area contributed by atoms with Gasteiger partial charge in [0.05, 0.1) is 21.4 Å². The Balaban J connectivity index is 1.94. The highest BCUT2D eigenvalue weighted by molar-refractivity contribution is 7.19. The van der Waals surface area contributed by atoms with Gasteiger partial charge in [0, 0.05) is 6.20 Å². The number of para-hydroxylation sites is 1. The van der Waals surface area contributed by atoms with Crippen molar-refractivity contribution in [2.75, 3.05) is 0 Å². The van der Waals surface area contributed by atoms with E-state index in [-0.39, 0.29) is 21.8 Å². The highest BCUT2D eigenvalue weighted by atomic mass is 35.5. The molecule has 0 aliphatic heterocycles. The van der Waals surface area contributed by atoms with Crippen molar-refractivity contribution in [3.8, 4) is 6.07 Å². The number of aromatic nitrogens is 3. The molecule has 0 amide bonds. The van der Waals surface area contributed by atoms with Crippen molar-refractivity contribution in [1.82, 2.24) is 14.4 Å². The zero-order valence-electron chi connectivity index (χ0n) is 13.6. The van der Waals surface area contributed by atoms with E-state index in [1.165, 1.54) is 21.8 Å². The first-order valence-electron chi connectivity index (χ1n) is 7.73. The molecule has 3 aromatic heterocycles. The maximum atomic E-state index is 12.8. The number of nitriles is 1. The molecular weight excluding hydrogens is 368 g/mol. The summed E-state index contributed by atoms with van der Waals surface area (Å²) in [6, 6.07) is 13.4. The zero-order valence-corrected chi connectivity index (χ0v) is 15.2. The summed E-state index contributed by atoms with van der Waals surface area (Å²) in [5, 5.41) is 10.2. The summed E-state index contributed by atoms with van der Waals surface area (Å²) in [6.07, 6.45) is 3.10. The van der Waals surface area contributed by atoms with Gasteiger partial charge < -0.3 is 0 Å². The van der Waals surface area contributed by atoms with E-state index in [0.717, 1.165) is 15.8 Å². The predicted molar refractivity (Wildman–Crippen MR) is 104 cm³/mol. The molecule has 0 radical (unpaired) electrons. The number of hydrogen-bond donors (Lipinski definition) is 0. The van der Waals surface area contributed by atoms with Gasteiger partial charge >= 0.3 is 0 Å². The number of thiazole rings is 1. The monoisotopic (exact) mass is 378 g/mol. The zero-order chi connectivity index (χ0) is 18.3. The molecule has 7 heteroatoms. The first-order valence-corrected chi connectivity index (χ1v) is 8.93. The average Bonchev–Trinajstić information content (AvgIpc) is 3.07. The lowest BCUT2D eigenvalue weighted by Gasteiger charge is -2.06. The van der Waals surface area contributed by atoms with Crippen LogP contribution < -0.4 is 5.56 Å². The average molecular weight is 379 g/mol. The van der Waals surface area contributed by atoms with Gasteiger partial charge in [-0.1, -0.05) is 29.8 Å². The summed E-state index contributed by atoms with van der Waals surface area (Å²) >= 11 is 7.65. The third-order valence-electron chi connectivity index (χ3n) is 3.97. The summed E-state index contributed by atoms with van der Waals surface area (Å²) in [5.74, 6) is 0. The van der Waals surface area contributed by atoms with Gasteiger partial charge in [-0.05, 0) is 36.8 Å². The van der Waals surface area contributed by atoms with E-state index in [9.17, 15) is 10.1 Å². The number of aryl methyl sites for hydroxylation is 1. The number of nitrogens with zero attached hydrogens (tertiary/aromatic N) is 4. The first kappa shape index (κ1) is 16.5. The van der Waals surface area contributed by atoms with Crippen molar-refractivity contribution in [1.29, 1.82) is 5.26 Å². The third kappa shape index (κ3) is 2.68. The van der Waals surface area contributed by atoms with Crippen LogP contribution in [0.3, 0.4) is 0 Å². The van der Waals surface area contributed by atoms with Crippen LogP contribution in [-0.4, -0.2) is 14.4 Å². The summed E-state index contributed by atoms with van der Waals surface area (Å²) < 4.78 is 2.40. The lowest BCUT2D eigenvalue weighted by Crippen LogP contribution is -2.18. The van der Waals surface area contributed by atoms with E-state index >= 15 is 0 Å². The number of halogens is 1. The Morgan fingerprint density at radius 3 is 2.85 bits per heavy atom. The molecule has 4 aromatic rings. The normalized spacial score (nSPS) is 11.8. The van der Waals surface area contributed by atoms with Gasteiger partial charge in [0.2, 0.25) is 0 Å². The molecule has 0 spiro atoms. The van der Waals surface area contributed by atoms with Crippen LogP contribution in [0.25, 0.3) is 27.5 Å². The van der Waals surface area contributed by atoms with Crippen LogP contribution in [-0.2, 0) is 0 Å². The molecule has 0 aliphatic carbocycles. The number of pyridine rings is 1. The molecule has 0 aliphatic rings. The Bertz CT molecular complexity index is 1260. The highest BCUT2D eigenvalue weighted by Gasteiger charge is 2.14. The lowest BCUT2D eigenvalue weighted by molar-refractivity contribution is 1.03. The maximum absolute atomic E-state index is 12.8. The quantitative estimate of drug-likeness (QED) is 0.384. The molecular formula is C19H11ClN4OS. The second kappa shape index (κ2) is 6.37. The molecule has 0 unspecified atom stereocenters. The largest absolute Gasteiger partial charge is 0.268 e. The fourth-order valence-electron chi connectivity index (χ4n) is 2.68. The number of allylic oxidation sites excluding steroid dienone is 1. The molecule has 0 N–H and O–H groups in total. The van der Waals surface area contributed by atoms with Crippen molar-refractivity contribution in [2.45, 2.75) is 6.92 Å². The highest BCUT2D eigenvalue weighted by Crippen LogP contribution is 2.28. The van der Waals surface area contributed by atoms with Gasteiger partial charge in [-0.15, -0.1) is 11.3 Å². The van der Waals surface area contributed by atoms with Crippen molar-refractivity contribution in [2.24, 2.45) is 0 Å². The van der Waals surface area contributed by atoms with E-state index in [1.54, 1.807) is 12.3 Å².